The van der Waals surface area contributed by atoms with Crippen molar-refractivity contribution in [3.8, 4) is 17.3 Å². The first-order valence-electron chi connectivity index (χ1n) is 8.88. The number of ether oxygens (including phenoxy) is 3. The van der Waals surface area contributed by atoms with Crippen molar-refractivity contribution in [3.63, 3.8) is 0 Å². The standard InChI is InChI=1S/C17H22N4O5/c22-16-19-15(20-26-16)14-3-2-13(12-18-14)23-9-1-6-21-7-4-17(5-8-21)24-10-11-25-17/h2-3,12H,1,4-11H2,(H,19,20,22). The van der Waals surface area contributed by atoms with E-state index in [4.69, 9.17) is 14.2 Å². The second-order valence-corrected chi connectivity index (χ2v) is 6.47. The maximum Gasteiger partial charge on any atom is 0.439 e. The lowest BCUT2D eigenvalue weighted by molar-refractivity contribution is -0.185. The van der Waals surface area contributed by atoms with Gasteiger partial charge in [0, 0.05) is 32.5 Å². The molecule has 4 rings (SSSR count). The van der Waals surface area contributed by atoms with Crippen LogP contribution in [-0.2, 0) is 9.47 Å². The molecule has 9 heteroatoms. The highest BCUT2D eigenvalue weighted by molar-refractivity contribution is 5.48. The maximum atomic E-state index is 11.0. The summed E-state index contributed by atoms with van der Waals surface area (Å²) in [5, 5.41) is 3.60. The average Bonchev–Trinajstić information content (AvgIpc) is 3.30. The lowest BCUT2D eigenvalue weighted by Gasteiger charge is -2.37. The number of hydrogen-bond acceptors (Lipinski definition) is 8. The fourth-order valence-electron chi connectivity index (χ4n) is 3.33. The van der Waals surface area contributed by atoms with E-state index in [1.165, 1.54) is 0 Å². The van der Waals surface area contributed by atoms with E-state index in [1.807, 2.05) is 0 Å². The minimum Gasteiger partial charge on any atom is -0.492 e. The van der Waals surface area contributed by atoms with Gasteiger partial charge in [-0.3, -0.25) is 9.51 Å². The van der Waals surface area contributed by atoms with E-state index >= 15 is 0 Å². The molecule has 2 aromatic rings. The Morgan fingerprint density at radius 2 is 2.04 bits per heavy atom. The van der Waals surface area contributed by atoms with Crippen LogP contribution < -0.4 is 10.5 Å². The first kappa shape index (κ1) is 17.2. The highest BCUT2D eigenvalue weighted by atomic mass is 16.7. The predicted octanol–water partition coefficient (Wildman–Crippen LogP) is 1.03. The molecule has 0 unspecified atom stereocenters. The maximum absolute atomic E-state index is 11.0. The predicted molar refractivity (Wildman–Crippen MR) is 90.8 cm³/mol. The zero-order valence-electron chi connectivity index (χ0n) is 14.5. The molecule has 0 saturated carbocycles. The minimum absolute atomic E-state index is 0.305. The number of likely N-dealkylation sites (tertiary alicyclic amines) is 1. The zero-order valence-corrected chi connectivity index (χ0v) is 14.5. The van der Waals surface area contributed by atoms with Gasteiger partial charge in [-0.25, -0.2) is 9.78 Å². The Hall–Kier alpha value is -2.23. The fraction of sp³-hybridized carbons (Fsp3) is 0.588. The number of rotatable bonds is 6. The highest BCUT2D eigenvalue weighted by Gasteiger charge is 2.39. The van der Waals surface area contributed by atoms with Crippen molar-refractivity contribution in [2.75, 3.05) is 39.5 Å². The quantitative estimate of drug-likeness (QED) is 0.760. The van der Waals surface area contributed by atoms with Crippen LogP contribution in [0.5, 0.6) is 5.75 Å². The summed E-state index contributed by atoms with van der Waals surface area (Å²) in [5.41, 5.74) is 0.529. The number of aromatic amines is 1. The molecule has 2 aromatic heterocycles. The summed E-state index contributed by atoms with van der Waals surface area (Å²) < 4.78 is 21.7. The highest BCUT2D eigenvalue weighted by Crippen LogP contribution is 2.31. The summed E-state index contributed by atoms with van der Waals surface area (Å²) in [4.78, 5) is 20.0. The largest absolute Gasteiger partial charge is 0.492 e. The Kier molecular flexibility index (Phi) is 5.00. The fourth-order valence-corrected chi connectivity index (χ4v) is 3.33. The van der Waals surface area contributed by atoms with Crippen LogP contribution in [0.25, 0.3) is 11.5 Å². The monoisotopic (exact) mass is 362 g/mol. The second kappa shape index (κ2) is 7.56. The third-order valence-corrected chi connectivity index (χ3v) is 4.74. The molecule has 1 spiro atoms. The van der Waals surface area contributed by atoms with Crippen molar-refractivity contribution in [3.05, 3.63) is 28.9 Å². The first-order valence-corrected chi connectivity index (χ1v) is 8.88. The second-order valence-electron chi connectivity index (χ2n) is 6.47. The summed E-state index contributed by atoms with van der Waals surface area (Å²) >= 11 is 0. The molecule has 26 heavy (non-hydrogen) atoms. The number of nitrogens with zero attached hydrogens (tertiary/aromatic N) is 3. The molecule has 0 radical (unpaired) electrons. The summed E-state index contributed by atoms with van der Waals surface area (Å²) in [5.74, 6) is 0.0792. The van der Waals surface area contributed by atoms with Gasteiger partial charge in [0.25, 0.3) is 0 Å². The molecule has 2 saturated heterocycles. The van der Waals surface area contributed by atoms with Crippen LogP contribution in [0, 0.1) is 0 Å². The molecular formula is C17H22N4O5. The number of H-pyrrole nitrogens is 1. The van der Waals surface area contributed by atoms with Crippen LogP contribution in [0.2, 0.25) is 0 Å². The molecule has 9 nitrogen and oxygen atoms in total. The van der Waals surface area contributed by atoms with Crippen molar-refractivity contribution < 1.29 is 18.7 Å². The van der Waals surface area contributed by atoms with E-state index in [-0.39, 0.29) is 5.79 Å². The number of aromatic nitrogens is 3. The van der Waals surface area contributed by atoms with Crippen molar-refractivity contribution in [1.82, 2.24) is 20.0 Å². The molecule has 4 heterocycles. The van der Waals surface area contributed by atoms with Crippen molar-refractivity contribution in [2.45, 2.75) is 25.0 Å². The third-order valence-electron chi connectivity index (χ3n) is 4.74. The van der Waals surface area contributed by atoms with Crippen LogP contribution in [0.15, 0.2) is 27.6 Å². The van der Waals surface area contributed by atoms with E-state index in [0.29, 0.717) is 37.1 Å². The molecule has 2 aliphatic rings. The topological polar surface area (TPSA) is 103 Å². The van der Waals surface area contributed by atoms with Gasteiger partial charge >= 0.3 is 5.76 Å². The van der Waals surface area contributed by atoms with Gasteiger partial charge in [-0.15, -0.1) is 0 Å². The molecule has 2 fully saturated rings. The Morgan fingerprint density at radius 1 is 1.23 bits per heavy atom. The van der Waals surface area contributed by atoms with Crippen LogP contribution in [-0.4, -0.2) is 65.3 Å². The lowest BCUT2D eigenvalue weighted by Crippen LogP contribution is -2.45. The van der Waals surface area contributed by atoms with E-state index in [0.717, 1.165) is 38.9 Å². The molecule has 0 amide bonds. The van der Waals surface area contributed by atoms with Crippen LogP contribution in [0.4, 0.5) is 0 Å². The molecular weight excluding hydrogens is 340 g/mol. The number of nitrogens with one attached hydrogen (secondary N) is 1. The Labute approximate surface area is 150 Å². The van der Waals surface area contributed by atoms with E-state index < -0.39 is 5.76 Å². The van der Waals surface area contributed by atoms with Gasteiger partial charge in [0.2, 0.25) is 5.82 Å². The number of pyridine rings is 1. The van der Waals surface area contributed by atoms with E-state index in [2.05, 4.69) is 24.5 Å². The number of piperidine rings is 1. The minimum atomic E-state index is -0.600. The normalized spacial score (nSPS) is 19.8. The molecule has 0 aliphatic carbocycles. The summed E-state index contributed by atoms with van der Waals surface area (Å²) in [6.07, 6.45) is 4.42. The van der Waals surface area contributed by atoms with Gasteiger partial charge in [0.15, 0.2) is 5.79 Å². The van der Waals surface area contributed by atoms with Gasteiger partial charge in [-0.2, -0.15) is 0 Å². The third kappa shape index (κ3) is 3.95. The molecule has 0 bridgehead atoms. The van der Waals surface area contributed by atoms with Gasteiger partial charge in [-0.05, 0) is 18.6 Å². The first-order chi connectivity index (χ1) is 12.7. The molecule has 1 N–H and O–H groups in total. The Balaban J connectivity index is 1.18. The van der Waals surface area contributed by atoms with Crippen LogP contribution >= 0.6 is 0 Å². The van der Waals surface area contributed by atoms with E-state index in [1.54, 1.807) is 18.3 Å². The molecule has 140 valence electrons. The Bertz CT molecular complexity index is 756. The molecule has 2 aliphatic heterocycles. The molecule has 0 atom stereocenters. The summed E-state index contributed by atoms with van der Waals surface area (Å²) in [6.45, 7) is 5.03. The van der Waals surface area contributed by atoms with Crippen LogP contribution in [0.3, 0.4) is 0 Å². The van der Waals surface area contributed by atoms with Gasteiger partial charge in [0.1, 0.15) is 11.4 Å². The smallest absolute Gasteiger partial charge is 0.439 e. The average molecular weight is 362 g/mol. The lowest BCUT2D eigenvalue weighted by atomic mass is 10.0. The van der Waals surface area contributed by atoms with Gasteiger partial charge < -0.3 is 19.1 Å². The SMILES string of the molecule is O=c1[nH]c(-c2ccc(OCCCN3CCC4(CC3)OCCO4)cn2)no1. The van der Waals surface area contributed by atoms with Crippen molar-refractivity contribution >= 4 is 0 Å². The summed E-state index contributed by atoms with van der Waals surface area (Å²) in [6, 6.07) is 3.53. The van der Waals surface area contributed by atoms with Gasteiger partial charge in [0.05, 0.1) is 26.0 Å². The number of hydrogen-bond donors (Lipinski definition) is 1. The van der Waals surface area contributed by atoms with E-state index in [9.17, 15) is 4.79 Å². The molecule has 0 aromatic carbocycles. The summed E-state index contributed by atoms with van der Waals surface area (Å²) in [7, 11) is 0. The van der Waals surface area contributed by atoms with Crippen molar-refractivity contribution in [1.29, 1.82) is 0 Å². The Morgan fingerprint density at radius 3 is 2.69 bits per heavy atom. The zero-order chi connectivity index (χ0) is 17.8. The van der Waals surface area contributed by atoms with Crippen LogP contribution in [0.1, 0.15) is 19.3 Å². The van der Waals surface area contributed by atoms with Gasteiger partial charge in [-0.1, -0.05) is 5.16 Å². The van der Waals surface area contributed by atoms with Crippen molar-refractivity contribution in [2.24, 2.45) is 0 Å².